The Morgan fingerprint density at radius 3 is 2.32 bits per heavy atom. The van der Waals surface area contributed by atoms with Crippen LogP contribution in [-0.2, 0) is 0 Å². The zero-order chi connectivity index (χ0) is 22.3. The number of anilines is 1. The second-order valence-corrected chi connectivity index (χ2v) is 8.66. The molecular weight excluding hydrogens is 427 g/mol. The van der Waals surface area contributed by atoms with Crippen LogP contribution in [0.2, 0.25) is 10.0 Å². The van der Waals surface area contributed by atoms with Crippen LogP contribution in [0.5, 0.6) is 0 Å². The Kier molecular flexibility index (Phi) is 5.74. The Morgan fingerprint density at radius 2 is 1.61 bits per heavy atom. The summed E-state index contributed by atoms with van der Waals surface area (Å²) in [7, 11) is 0. The number of amides is 1. The first-order chi connectivity index (χ1) is 14.8. The highest BCUT2D eigenvalue weighted by molar-refractivity contribution is 6.32. The van der Waals surface area contributed by atoms with Gasteiger partial charge in [-0.2, -0.15) is 0 Å². The molecule has 4 rings (SSSR count). The summed E-state index contributed by atoms with van der Waals surface area (Å²) in [6.07, 6.45) is 0. The third kappa shape index (κ3) is 4.04. The Morgan fingerprint density at radius 1 is 0.903 bits per heavy atom. The normalized spacial score (nSPS) is 11.0. The highest BCUT2D eigenvalue weighted by Crippen LogP contribution is 2.33. The summed E-state index contributed by atoms with van der Waals surface area (Å²) in [5.74, 6) is -0.185. The van der Waals surface area contributed by atoms with Crippen molar-refractivity contribution < 1.29 is 4.79 Å². The molecule has 1 aromatic heterocycles. The van der Waals surface area contributed by atoms with E-state index >= 15 is 0 Å². The van der Waals surface area contributed by atoms with E-state index < -0.39 is 0 Å². The van der Waals surface area contributed by atoms with Gasteiger partial charge in [-0.3, -0.25) is 4.79 Å². The molecule has 0 fully saturated rings. The smallest absolute Gasteiger partial charge is 0.256 e. The number of nitrogens with zero attached hydrogens (tertiary/aromatic N) is 1. The third-order valence-electron chi connectivity index (χ3n) is 5.53. The molecule has 5 heteroatoms. The van der Waals surface area contributed by atoms with E-state index in [1.54, 1.807) is 0 Å². The minimum Gasteiger partial charge on any atom is -0.322 e. The Balaban J connectivity index is 1.95. The van der Waals surface area contributed by atoms with E-state index in [1.807, 2.05) is 76.2 Å². The predicted molar refractivity (Wildman–Crippen MR) is 131 cm³/mol. The molecule has 4 aromatic rings. The van der Waals surface area contributed by atoms with Gasteiger partial charge in [-0.05, 0) is 74.7 Å². The number of benzene rings is 3. The van der Waals surface area contributed by atoms with Crippen LogP contribution >= 0.6 is 23.2 Å². The van der Waals surface area contributed by atoms with Crippen LogP contribution in [0.15, 0.2) is 54.6 Å². The van der Waals surface area contributed by atoms with E-state index in [4.69, 9.17) is 28.2 Å². The number of hydrogen-bond acceptors (Lipinski definition) is 2. The lowest BCUT2D eigenvalue weighted by Crippen LogP contribution is -2.16. The highest BCUT2D eigenvalue weighted by Gasteiger charge is 2.21. The number of nitrogens with one attached hydrogen (secondary N) is 1. The minimum atomic E-state index is -0.185. The van der Waals surface area contributed by atoms with Gasteiger partial charge in [0.1, 0.15) is 0 Å². The largest absolute Gasteiger partial charge is 0.322 e. The molecule has 0 aliphatic heterocycles. The summed E-state index contributed by atoms with van der Waals surface area (Å²) in [5, 5.41) is 5.16. The van der Waals surface area contributed by atoms with Crippen molar-refractivity contribution in [1.29, 1.82) is 0 Å². The van der Waals surface area contributed by atoms with Gasteiger partial charge in [0, 0.05) is 26.7 Å². The maximum Gasteiger partial charge on any atom is 0.256 e. The van der Waals surface area contributed by atoms with E-state index in [2.05, 4.69) is 11.4 Å². The van der Waals surface area contributed by atoms with Crippen LogP contribution in [0.1, 0.15) is 32.6 Å². The summed E-state index contributed by atoms with van der Waals surface area (Å²) in [6.45, 7) is 7.88. The van der Waals surface area contributed by atoms with Crippen molar-refractivity contribution in [3.05, 3.63) is 92.5 Å². The summed E-state index contributed by atoms with van der Waals surface area (Å²) in [5.41, 5.74) is 7.56. The van der Waals surface area contributed by atoms with Crippen LogP contribution in [0, 0.1) is 27.7 Å². The van der Waals surface area contributed by atoms with Crippen molar-refractivity contribution in [2.75, 3.05) is 5.32 Å². The monoisotopic (exact) mass is 448 g/mol. The molecule has 0 aliphatic rings. The van der Waals surface area contributed by atoms with Crippen LogP contribution in [0.3, 0.4) is 0 Å². The summed E-state index contributed by atoms with van der Waals surface area (Å²) < 4.78 is 0. The van der Waals surface area contributed by atoms with Crippen LogP contribution < -0.4 is 5.32 Å². The summed E-state index contributed by atoms with van der Waals surface area (Å²) in [6, 6.07) is 17.1. The van der Waals surface area contributed by atoms with Gasteiger partial charge in [0.25, 0.3) is 5.91 Å². The first kappa shape index (κ1) is 21.4. The first-order valence-corrected chi connectivity index (χ1v) is 10.8. The predicted octanol–water partition coefficient (Wildman–Crippen LogP) is 7.69. The fraction of sp³-hybridized carbons (Fsp3) is 0.154. The zero-order valence-electron chi connectivity index (χ0n) is 17.8. The summed E-state index contributed by atoms with van der Waals surface area (Å²) >= 11 is 12.3. The van der Waals surface area contributed by atoms with Crippen molar-refractivity contribution in [3.8, 4) is 11.3 Å². The van der Waals surface area contributed by atoms with Gasteiger partial charge in [0.15, 0.2) is 0 Å². The number of halogens is 2. The molecule has 0 bridgehead atoms. The first-order valence-electron chi connectivity index (χ1n) is 10.00. The Bertz CT molecular complexity index is 1330. The molecule has 0 atom stereocenters. The molecule has 3 nitrogen and oxygen atoms in total. The molecule has 1 amide bonds. The summed E-state index contributed by atoms with van der Waals surface area (Å²) in [4.78, 5) is 18.5. The molecule has 31 heavy (non-hydrogen) atoms. The lowest BCUT2D eigenvalue weighted by atomic mass is 9.94. The van der Waals surface area contributed by atoms with E-state index in [9.17, 15) is 4.79 Å². The lowest BCUT2D eigenvalue weighted by Gasteiger charge is -2.17. The van der Waals surface area contributed by atoms with Crippen LogP contribution in [0.4, 0.5) is 5.69 Å². The fourth-order valence-electron chi connectivity index (χ4n) is 3.92. The molecule has 156 valence electrons. The van der Waals surface area contributed by atoms with E-state index in [0.717, 1.165) is 44.4 Å². The molecule has 0 saturated carbocycles. The quantitative estimate of drug-likeness (QED) is 0.348. The van der Waals surface area contributed by atoms with E-state index in [-0.39, 0.29) is 5.91 Å². The molecule has 0 spiro atoms. The van der Waals surface area contributed by atoms with Crippen molar-refractivity contribution in [1.82, 2.24) is 4.98 Å². The van der Waals surface area contributed by atoms with Crippen LogP contribution in [-0.4, -0.2) is 10.9 Å². The highest BCUT2D eigenvalue weighted by atomic mass is 35.5. The minimum absolute atomic E-state index is 0.185. The molecule has 1 N–H and O–H groups in total. The number of carbonyl (C=O) groups is 1. The second kappa shape index (κ2) is 8.33. The molecule has 1 heterocycles. The fourth-order valence-corrected chi connectivity index (χ4v) is 4.22. The van der Waals surface area contributed by atoms with Crippen molar-refractivity contribution >= 4 is 45.7 Å². The average molecular weight is 449 g/mol. The van der Waals surface area contributed by atoms with Crippen molar-refractivity contribution in [3.63, 3.8) is 0 Å². The molecule has 3 aromatic carbocycles. The second-order valence-electron chi connectivity index (χ2n) is 7.81. The Labute approximate surface area is 192 Å². The van der Waals surface area contributed by atoms with E-state index in [0.29, 0.717) is 21.3 Å². The molecule has 0 aliphatic carbocycles. The Hall–Kier alpha value is -2.88. The average Bonchev–Trinajstić information content (AvgIpc) is 2.71. The number of fused-ring (bicyclic) bond motifs is 1. The number of aromatic nitrogens is 1. The number of hydrogen-bond donors (Lipinski definition) is 1. The number of rotatable bonds is 3. The van der Waals surface area contributed by atoms with Gasteiger partial charge in [-0.25, -0.2) is 4.98 Å². The van der Waals surface area contributed by atoms with Crippen molar-refractivity contribution in [2.24, 2.45) is 0 Å². The standard InChI is InChI=1S/C26H22Cl2N2O/c1-14-12-15(2)24-20(13-14)23(26(31)29-22-7-5-6-21(28)16(22)3)17(4)25(30-24)18-8-10-19(27)11-9-18/h5-13H,1-4H3,(H,29,31). The van der Waals surface area contributed by atoms with Gasteiger partial charge in [0.05, 0.1) is 16.8 Å². The molecule has 0 radical (unpaired) electrons. The lowest BCUT2D eigenvalue weighted by molar-refractivity contribution is 0.102. The van der Waals surface area contributed by atoms with Gasteiger partial charge in [-0.15, -0.1) is 0 Å². The van der Waals surface area contributed by atoms with E-state index in [1.165, 1.54) is 0 Å². The van der Waals surface area contributed by atoms with Gasteiger partial charge < -0.3 is 5.32 Å². The van der Waals surface area contributed by atoms with Crippen LogP contribution in [0.25, 0.3) is 22.2 Å². The molecule has 0 saturated heterocycles. The maximum atomic E-state index is 13.6. The molecular formula is C26H22Cl2N2O. The zero-order valence-corrected chi connectivity index (χ0v) is 19.3. The SMILES string of the molecule is Cc1cc(C)c2nc(-c3ccc(Cl)cc3)c(C)c(C(=O)Nc3cccc(Cl)c3C)c2c1. The number of carbonyl (C=O) groups excluding carboxylic acids is 1. The maximum absolute atomic E-state index is 13.6. The molecule has 0 unspecified atom stereocenters. The van der Waals surface area contributed by atoms with Gasteiger partial charge in [0.2, 0.25) is 0 Å². The number of aryl methyl sites for hydroxylation is 2. The van der Waals surface area contributed by atoms with Gasteiger partial charge >= 0.3 is 0 Å². The number of pyridine rings is 1. The third-order valence-corrected chi connectivity index (χ3v) is 6.19. The topological polar surface area (TPSA) is 42.0 Å². The van der Waals surface area contributed by atoms with Crippen molar-refractivity contribution in [2.45, 2.75) is 27.7 Å². The van der Waals surface area contributed by atoms with Gasteiger partial charge in [-0.1, -0.05) is 53.0 Å².